The van der Waals surface area contributed by atoms with E-state index in [1.54, 1.807) is 0 Å². The maximum absolute atomic E-state index is 11.5. The summed E-state index contributed by atoms with van der Waals surface area (Å²) in [6, 6.07) is 0. The Morgan fingerprint density at radius 1 is 1.44 bits per heavy atom. The van der Waals surface area contributed by atoms with E-state index < -0.39 is 18.3 Å². The van der Waals surface area contributed by atoms with E-state index in [1.165, 1.54) is 0 Å². The molecular formula is C4H8F3NO. The van der Waals surface area contributed by atoms with Crippen molar-refractivity contribution >= 4 is 0 Å². The SMILES string of the molecule is CC(N)(CO)C(F)(F)F. The molecule has 0 aromatic heterocycles. The fourth-order valence-corrected chi connectivity index (χ4v) is 0.0896. The molecule has 0 heterocycles. The number of halogens is 3. The van der Waals surface area contributed by atoms with Crippen LogP contribution in [0.3, 0.4) is 0 Å². The first-order valence-electron chi connectivity index (χ1n) is 2.28. The summed E-state index contributed by atoms with van der Waals surface area (Å²) in [5.41, 5.74) is 2.15. The van der Waals surface area contributed by atoms with Gasteiger partial charge >= 0.3 is 6.18 Å². The first-order chi connectivity index (χ1) is 3.81. The molecule has 3 N–H and O–H groups in total. The number of aliphatic hydroxyl groups excluding tert-OH is 1. The van der Waals surface area contributed by atoms with E-state index >= 15 is 0 Å². The highest BCUT2D eigenvalue weighted by Crippen LogP contribution is 2.26. The van der Waals surface area contributed by atoms with Gasteiger partial charge in [-0.25, -0.2) is 0 Å². The standard InChI is InChI=1S/C4H8F3NO/c1-3(8,2-9)4(5,6)7/h9H,2,8H2,1H3. The quantitative estimate of drug-likeness (QED) is 0.553. The molecule has 0 bridgehead atoms. The number of nitrogens with two attached hydrogens (primary N) is 1. The van der Waals surface area contributed by atoms with Crippen molar-refractivity contribution in [3.63, 3.8) is 0 Å². The molecule has 0 aromatic carbocycles. The minimum atomic E-state index is -4.53. The first-order valence-corrected chi connectivity index (χ1v) is 2.28. The van der Waals surface area contributed by atoms with Gasteiger partial charge in [-0.3, -0.25) is 0 Å². The molecule has 0 spiro atoms. The Labute approximate surface area is 50.5 Å². The zero-order valence-electron chi connectivity index (χ0n) is 4.87. The molecule has 0 rings (SSSR count). The van der Waals surface area contributed by atoms with Crippen LogP contribution >= 0.6 is 0 Å². The van der Waals surface area contributed by atoms with Gasteiger partial charge in [0.15, 0.2) is 0 Å². The van der Waals surface area contributed by atoms with Gasteiger partial charge in [-0.2, -0.15) is 13.2 Å². The Kier molecular flexibility index (Phi) is 2.08. The van der Waals surface area contributed by atoms with E-state index in [0.717, 1.165) is 6.92 Å². The van der Waals surface area contributed by atoms with Gasteiger partial charge in [0, 0.05) is 0 Å². The monoisotopic (exact) mass is 143 g/mol. The molecule has 5 heteroatoms. The molecule has 0 radical (unpaired) electrons. The summed E-state index contributed by atoms with van der Waals surface area (Å²) in [6.07, 6.45) is -4.53. The Morgan fingerprint density at radius 3 is 1.78 bits per heavy atom. The molecule has 2 nitrogen and oxygen atoms in total. The molecule has 1 unspecified atom stereocenters. The summed E-state index contributed by atoms with van der Waals surface area (Å²) in [4.78, 5) is 0. The van der Waals surface area contributed by atoms with Gasteiger partial charge in [-0.1, -0.05) is 0 Å². The molecular weight excluding hydrogens is 135 g/mol. The molecule has 0 fully saturated rings. The largest absolute Gasteiger partial charge is 0.408 e. The number of hydrogen-bond donors (Lipinski definition) is 2. The van der Waals surface area contributed by atoms with Crippen molar-refractivity contribution in [2.45, 2.75) is 18.6 Å². The van der Waals surface area contributed by atoms with Gasteiger partial charge in [0.25, 0.3) is 0 Å². The number of rotatable bonds is 1. The highest BCUT2D eigenvalue weighted by atomic mass is 19.4. The van der Waals surface area contributed by atoms with E-state index in [1.807, 2.05) is 0 Å². The van der Waals surface area contributed by atoms with Crippen LogP contribution in [0.4, 0.5) is 13.2 Å². The van der Waals surface area contributed by atoms with Crippen LogP contribution in [0.2, 0.25) is 0 Å². The lowest BCUT2D eigenvalue weighted by Crippen LogP contribution is -2.53. The van der Waals surface area contributed by atoms with Crippen molar-refractivity contribution in [2.24, 2.45) is 5.73 Å². The van der Waals surface area contributed by atoms with Crippen molar-refractivity contribution in [2.75, 3.05) is 6.61 Å². The number of aliphatic hydroxyl groups is 1. The maximum Gasteiger partial charge on any atom is 0.408 e. The van der Waals surface area contributed by atoms with Crippen molar-refractivity contribution < 1.29 is 18.3 Å². The van der Waals surface area contributed by atoms with Crippen LogP contribution in [0.25, 0.3) is 0 Å². The second kappa shape index (κ2) is 2.15. The Hall–Kier alpha value is -0.290. The van der Waals surface area contributed by atoms with Gasteiger partial charge in [0.05, 0.1) is 6.61 Å². The van der Waals surface area contributed by atoms with Crippen LogP contribution in [0, 0.1) is 0 Å². The molecule has 0 aliphatic rings. The molecule has 0 aliphatic carbocycles. The Balaban J connectivity index is 4.14. The van der Waals surface area contributed by atoms with Crippen LogP contribution in [-0.2, 0) is 0 Å². The van der Waals surface area contributed by atoms with Gasteiger partial charge < -0.3 is 10.8 Å². The smallest absolute Gasteiger partial charge is 0.394 e. The van der Waals surface area contributed by atoms with E-state index in [9.17, 15) is 13.2 Å². The molecule has 0 amide bonds. The second-order valence-corrected chi connectivity index (χ2v) is 2.07. The molecule has 1 atom stereocenters. The third-order valence-electron chi connectivity index (χ3n) is 0.976. The van der Waals surface area contributed by atoms with Gasteiger partial charge in [-0.15, -0.1) is 0 Å². The van der Waals surface area contributed by atoms with Gasteiger partial charge in [0.1, 0.15) is 5.54 Å². The van der Waals surface area contributed by atoms with Gasteiger partial charge in [0.2, 0.25) is 0 Å². The van der Waals surface area contributed by atoms with Gasteiger partial charge in [-0.05, 0) is 6.92 Å². The molecule has 0 saturated heterocycles. The zero-order valence-corrected chi connectivity index (χ0v) is 4.87. The lowest BCUT2D eigenvalue weighted by molar-refractivity contribution is -0.189. The third kappa shape index (κ3) is 1.83. The van der Waals surface area contributed by atoms with Crippen molar-refractivity contribution in [1.29, 1.82) is 0 Å². The van der Waals surface area contributed by atoms with Crippen molar-refractivity contribution in [3.05, 3.63) is 0 Å². The topological polar surface area (TPSA) is 46.2 Å². The van der Waals surface area contributed by atoms with Crippen LogP contribution in [0.5, 0.6) is 0 Å². The summed E-state index contributed by atoms with van der Waals surface area (Å²) in [5.74, 6) is 0. The molecule has 0 aliphatic heterocycles. The molecule has 0 aromatic rings. The van der Waals surface area contributed by atoms with E-state index in [2.05, 4.69) is 5.73 Å². The predicted octanol–water partition coefficient (Wildman–Crippen LogP) is 0.258. The summed E-state index contributed by atoms with van der Waals surface area (Å²) >= 11 is 0. The number of alkyl halides is 3. The predicted molar refractivity (Wildman–Crippen MR) is 25.7 cm³/mol. The highest BCUT2D eigenvalue weighted by molar-refractivity contribution is 4.85. The lowest BCUT2D eigenvalue weighted by Gasteiger charge is -2.24. The second-order valence-electron chi connectivity index (χ2n) is 2.07. The van der Waals surface area contributed by atoms with Crippen LogP contribution < -0.4 is 5.73 Å². The van der Waals surface area contributed by atoms with E-state index in [4.69, 9.17) is 5.11 Å². The summed E-state index contributed by atoms with van der Waals surface area (Å²) < 4.78 is 34.6. The molecule has 9 heavy (non-hydrogen) atoms. The maximum atomic E-state index is 11.5. The van der Waals surface area contributed by atoms with E-state index in [-0.39, 0.29) is 0 Å². The Bertz CT molecular complexity index is 98.5. The van der Waals surface area contributed by atoms with Crippen LogP contribution in [0.1, 0.15) is 6.92 Å². The first kappa shape index (κ1) is 8.71. The molecule has 56 valence electrons. The minimum absolute atomic E-state index is 0.729. The van der Waals surface area contributed by atoms with Crippen molar-refractivity contribution in [1.82, 2.24) is 0 Å². The number of hydrogen-bond acceptors (Lipinski definition) is 2. The lowest BCUT2D eigenvalue weighted by atomic mass is 10.1. The summed E-state index contributed by atoms with van der Waals surface area (Å²) in [5, 5.41) is 8.08. The summed E-state index contributed by atoms with van der Waals surface area (Å²) in [7, 11) is 0. The average Bonchev–Trinajstić information content (AvgIpc) is 1.64. The van der Waals surface area contributed by atoms with Crippen LogP contribution in [-0.4, -0.2) is 23.4 Å². The zero-order chi connectivity index (χ0) is 7.71. The van der Waals surface area contributed by atoms with E-state index in [0.29, 0.717) is 0 Å². The van der Waals surface area contributed by atoms with Crippen molar-refractivity contribution in [3.8, 4) is 0 Å². The fourth-order valence-electron chi connectivity index (χ4n) is 0.0896. The van der Waals surface area contributed by atoms with Crippen LogP contribution in [0.15, 0.2) is 0 Å². The normalized spacial score (nSPS) is 19.3. The highest BCUT2D eigenvalue weighted by Gasteiger charge is 2.47. The third-order valence-corrected chi connectivity index (χ3v) is 0.976. The summed E-state index contributed by atoms with van der Waals surface area (Å²) in [6.45, 7) is -0.358. The Morgan fingerprint density at radius 2 is 1.78 bits per heavy atom. The fraction of sp³-hybridized carbons (Fsp3) is 1.00. The average molecular weight is 143 g/mol. The molecule has 0 saturated carbocycles. The minimum Gasteiger partial charge on any atom is -0.394 e.